The Bertz CT molecular complexity index is 176. The third-order valence-electron chi connectivity index (χ3n) is 0.232. The number of hydrogen-bond acceptors (Lipinski definition) is 3. The zero-order valence-corrected chi connectivity index (χ0v) is 4.85. The van der Waals surface area contributed by atoms with Crippen LogP contribution >= 0.6 is 0 Å². The molecule has 0 aliphatic heterocycles. The minimum atomic E-state index is -1.83. The fraction of sp³-hybridized carbons (Fsp3) is 0. The maximum Gasteiger partial charge on any atom is 0.503 e. The Morgan fingerprint density at radius 2 is 1.40 bits per heavy atom. The fourth-order valence-electron chi connectivity index (χ4n) is 0.0745. The molecule has 0 atom stereocenters. The van der Waals surface area contributed by atoms with Crippen LogP contribution in [0.25, 0.3) is 0 Å². The molecule has 10 heavy (non-hydrogen) atoms. The Balaban J connectivity index is 0. The molecule has 0 rings (SSSR count). The highest BCUT2D eigenvalue weighted by molar-refractivity contribution is 5.53. The predicted molar refractivity (Wildman–Crippen MR) is 31.0 cm³/mol. The van der Waals surface area contributed by atoms with Crippen molar-refractivity contribution in [3.8, 4) is 12.1 Å². The average Bonchev–Trinajstić information content (AvgIpc) is 1.82. The second kappa shape index (κ2) is 10.1. The van der Waals surface area contributed by atoms with Crippen molar-refractivity contribution in [3.63, 3.8) is 0 Å². The summed E-state index contributed by atoms with van der Waals surface area (Å²) in [6.07, 6.45) is 0.417. The van der Waals surface area contributed by atoms with Gasteiger partial charge in [-0.3, -0.25) is 0 Å². The molecular weight excluding hydrogens is 136 g/mol. The lowest BCUT2D eigenvalue weighted by molar-refractivity contribution is 0.137. The summed E-state index contributed by atoms with van der Waals surface area (Å²) in [5.41, 5.74) is 0. The topological polar surface area (TPSA) is 105 Å². The van der Waals surface area contributed by atoms with Crippen LogP contribution in [0.2, 0.25) is 0 Å². The van der Waals surface area contributed by atoms with E-state index in [0.717, 1.165) is 12.2 Å². The highest BCUT2D eigenvalue weighted by atomic mass is 16.6. The molecule has 0 aromatic heterocycles. The van der Waals surface area contributed by atoms with E-state index >= 15 is 0 Å². The van der Waals surface area contributed by atoms with E-state index < -0.39 is 6.16 Å². The summed E-state index contributed by atoms with van der Waals surface area (Å²) in [7, 11) is 0. The van der Waals surface area contributed by atoms with Gasteiger partial charge < -0.3 is 10.2 Å². The Hall–Kier alpha value is -2.01. The first-order valence-electron chi connectivity index (χ1n) is 2.01. The van der Waals surface area contributed by atoms with Crippen molar-refractivity contribution in [2.45, 2.75) is 0 Å². The van der Waals surface area contributed by atoms with Gasteiger partial charge in [-0.2, -0.15) is 10.5 Å². The molecular formula is C5H4N2O3. The molecule has 0 fully saturated rings. The van der Waals surface area contributed by atoms with E-state index in [1.165, 1.54) is 0 Å². The molecule has 0 aromatic carbocycles. The van der Waals surface area contributed by atoms with Crippen LogP contribution in [0.3, 0.4) is 0 Å². The van der Waals surface area contributed by atoms with E-state index in [0.29, 0.717) is 0 Å². The number of carboxylic acid groups (broad SMARTS) is 2. The van der Waals surface area contributed by atoms with Gasteiger partial charge >= 0.3 is 6.16 Å². The van der Waals surface area contributed by atoms with Crippen molar-refractivity contribution in [1.29, 1.82) is 10.5 Å². The Kier molecular flexibility index (Phi) is 11.0. The van der Waals surface area contributed by atoms with Crippen molar-refractivity contribution in [3.05, 3.63) is 12.2 Å². The van der Waals surface area contributed by atoms with Crippen LogP contribution in [0, 0.1) is 22.7 Å². The van der Waals surface area contributed by atoms with Gasteiger partial charge in [0.2, 0.25) is 0 Å². The van der Waals surface area contributed by atoms with Gasteiger partial charge in [0.15, 0.2) is 0 Å². The molecule has 0 bridgehead atoms. The largest absolute Gasteiger partial charge is 0.503 e. The van der Waals surface area contributed by atoms with Crippen LogP contribution < -0.4 is 0 Å². The maximum atomic E-state index is 8.56. The standard InChI is InChI=1S/C4H2N2.CH2O3/c5-3-1-2-4-6;2-1(3)4/h1-2H;(H2,2,3,4). The molecule has 0 radical (unpaired) electrons. The number of nitrogens with zero attached hydrogens (tertiary/aromatic N) is 2. The molecule has 0 saturated heterocycles. The lowest BCUT2D eigenvalue weighted by Crippen LogP contribution is -1.81. The molecule has 5 nitrogen and oxygen atoms in total. The first-order chi connectivity index (χ1) is 4.65. The maximum absolute atomic E-state index is 8.56. The second-order valence-corrected chi connectivity index (χ2v) is 0.874. The average molecular weight is 140 g/mol. The number of hydrogen-bond donors (Lipinski definition) is 2. The van der Waals surface area contributed by atoms with E-state index in [2.05, 4.69) is 0 Å². The smallest absolute Gasteiger partial charge is 0.450 e. The van der Waals surface area contributed by atoms with E-state index in [4.69, 9.17) is 25.5 Å². The van der Waals surface area contributed by atoms with Crippen molar-refractivity contribution in [2.24, 2.45) is 0 Å². The van der Waals surface area contributed by atoms with Crippen molar-refractivity contribution in [2.75, 3.05) is 0 Å². The van der Waals surface area contributed by atoms with Crippen LogP contribution in [0.4, 0.5) is 4.79 Å². The molecule has 0 aliphatic carbocycles. The predicted octanol–water partition coefficient (Wildman–Crippen LogP) is 0.812. The molecule has 0 amide bonds. The SMILES string of the molecule is N#CC=CC#N.O=C(O)O. The Morgan fingerprint density at radius 1 is 1.20 bits per heavy atom. The monoisotopic (exact) mass is 140 g/mol. The van der Waals surface area contributed by atoms with Gasteiger partial charge in [-0.1, -0.05) is 0 Å². The normalized spacial score (nSPS) is 6.60. The van der Waals surface area contributed by atoms with Crippen LogP contribution in [-0.4, -0.2) is 16.4 Å². The minimum Gasteiger partial charge on any atom is -0.450 e. The molecule has 52 valence electrons. The van der Waals surface area contributed by atoms with Gasteiger partial charge in [0, 0.05) is 12.2 Å². The molecule has 0 spiro atoms. The quantitative estimate of drug-likeness (QED) is 0.484. The summed E-state index contributed by atoms with van der Waals surface area (Å²) in [6, 6.07) is 3.33. The molecule has 0 aromatic rings. The van der Waals surface area contributed by atoms with E-state index in [-0.39, 0.29) is 0 Å². The van der Waals surface area contributed by atoms with Gasteiger partial charge in [-0.25, -0.2) is 4.79 Å². The molecule has 0 aliphatic rings. The van der Waals surface area contributed by atoms with Crippen molar-refractivity contribution < 1.29 is 15.0 Å². The lowest BCUT2D eigenvalue weighted by Gasteiger charge is -1.60. The Labute approximate surface area is 57.1 Å². The molecule has 2 N–H and O–H groups in total. The first kappa shape index (κ1) is 10.9. The number of rotatable bonds is 0. The van der Waals surface area contributed by atoms with Crippen LogP contribution in [0.15, 0.2) is 12.2 Å². The third kappa shape index (κ3) is 152. The van der Waals surface area contributed by atoms with E-state index in [9.17, 15) is 0 Å². The summed E-state index contributed by atoms with van der Waals surface area (Å²) >= 11 is 0. The molecule has 0 heterocycles. The van der Waals surface area contributed by atoms with E-state index in [1.807, 2.05) is 0 Å². The number of allylic oxidation sites excluding steroid dienone is 2. The van der Waals surface area contributed by atoms with Crippen LogP contribution in [0.1, 0.15) is 0 Å². The van der Waals surface area contributed by atoms with Gasteiger partial charge in [-0.15, -0.1) is 0 Å². The van der Waals surface area contributed by atoms with Crippen LogP contribution in [-0.2, 0) is 0 Å². The van der Waals surface area contributed by atoms with Gasteiger partial charge in [-0.05, 0) is 0 Å². The molecule has 0 unspecified atom stereocenters. The number of carbonyl (C=O) groups is 1. The fourth-order valence-corrected chi connectivity index (χ4v) is 0.0745. The van der Waals surface area contributed by atoms with Crippen molar-refractivity contribution >= 4 is 6.16 Å². The molecule has 5 heteroatoms. The summed E-state index contributed by atoms with van der Waals surface area (Å²) in [5.74, 6) is 0. The Morgan fingerprint density at radius 3 is 1.50 bits per heavy atom. The zero-order chi connectivity index (χ0) is 8.41. The minimum absolute atomic E-state index is 1.12. The summed E-state index contributed by atoms with van der Waals surface area (Å²) in [4.78, 5) is 8.56. The zero-order valence-electron chi connectivity index (χ0n) is 4.85. The van der Waals surface area contributed by atoms with Gasteiger partial charge in [0.25, 0.3) is 0 Å². The summed E-state index contributed by atoms with van der Waals surface area (Å²) in [6.45, 7) is 0. The lowest BCUT2D eigenvalue weighted by atomic mass is 10.6. The summed E-state index contributed by atoms with van der Waals surface area (Å²) < 4.78 is 0. The van der Waals surface area contributed by atoms with Gasteiger partial charge in [0.05, 0.1) is 12.1 Å². The summed E-state index contributed by atoms with van der Waals surface area (Å²) in [5, 5.41) is 29.4. The second-order valence-electron chi connectivity index (χ2n) is 0.874. The van der Waals surface area contributed by atoms with E-state index in [1.54, 1.807) is 12.1 Å². The third-order valence-corrected chi connectivity index (χ3v) is 0.232. The van der Waals surface area contributed by atoms with Gasteiger partial charge in [0.1, 0.15) is 0 Å². The number of nitriles is 2. The highest BCUT2D eigenvalue weighted by Gasteiger charge is 1.70. The highest BCUT2D eigenvalue weighted by Crippen LogP contribution is 1.59. The van der Waals surface area contributed by atoms with Crippen LogP contribution in [0.5, 0.6) is 0 Å². The van der Waals surface area contributed by atoms with Crippen molar-refractivity contribution in [1.82, 2.24) is 0 Å². The first-order valence-corrected chi connectivity index (χ1v) is 2.01. The molecule has 0 saturated carbocycles.